The molecule has 0 radical (unpaired) electrons. The standard InChI is InChI=1S/C42H57N5O9/c1-8-46-16-18-47(19-17-46)24-29-12-14-30(15-13-29)41(52)45-36-31-20-25(2)21-35(55-7)37(49)27(4)22-28(5)39(56-42(43)53)34(54-6)11-9-10-26(3)40(51)44-32(38(31)50)23-33(36)48/h9-15,22-23,25,27,34-35,37,39,49H,8,16-21,24H2,1-7H3,(H2,43,53)(H,44,51)(H,45,52)/b11-9-,26-10+,28-22+/t25-,27+,34+,35+,37-,39-/m1/s1. The molecule has 0 saturated carbocycles. The first-order valence-electron chi connectivity index (χ1n) is 19.1. The molecule has 4 rings (SSSR count). The van der Waals surface area contributed by atoms with Crippen LogP contribution in [0, 0.1) is 11.8 Å². The van der Waals surface area contributed by atoms with Gasteiger partial charge in [0.05, 0.1) is 23.6 Å². The summed E-state index contributed by atoms with van der Waals surface area (Å²) < 4.78 is 16.7. The van der Waals surface area contributed by atoms with E-state index in [2.05, 4.69) is 27.4 Å². The first-order valence-corrected chi connectivity index (χ1v) is 19.1. The lowest BCUT2D eigenvalue weighted by Gasteiger charge is -2.34. The van der Waals surface area contributed by atoms with Gasteiger partial charge in [-0.15, -0.1) is 0 Å². The summed E-state index contributed by atoms with van der Waals surface area (Å²) >= 11 is 0. The molecule has 0 spiro atoms. The minimum absolute atomic E-state index is 0.0229. The van der Waals surface area contributed by atoms with E-state index in [1.54, 1.807) is 38.1 Å². The minimum atomic E-state index is -1.04. The molecule has 5 N–H and O–H groups in total. The highest BCUT2D eigenvalue weighted by Crippen LogP contribution is 2.29. The van der Waals surface area contributed by atoms with Crippen LogP contribution in [0.2, 0.25) is 0 Å². The number of methoxy groups -OCH3 is 2. The van der Waals surface area contributed by atoms with Gasteiger partial charge in [0.2, 0.25) is 11.6 Å². The number of ketones is 2. The second-order valence-electron chi connectivity index (χ2n) is 14.8. The average molecular weight is 776 g/mol. The number of nitrogens with one attached hydrogen (secondary N) is 2. The quantitative estimate of drug-likeness (QED) is 0.224. The lowest BCUT2D eigenvalue weighted by atomic mass is 9.85. The number of nitrogens with zero attached hydrogens (tertiary/aromatic N) is 2. The molecule has 6 atom stereocenters. The summed E-state index contributed by atoms with van der Waals surface area (Å²) in [6, 6.07) is 7.18. The Morgan fingerprint density at radius 3 is 2.27 bits per heavy atom. The fraction of sp³-hybridized carbons (Fsp3) is 0.500. The van der Waals surface area contributed by atoms with Gasteiger partial charge < -0.3 is 40.6 Å². The van der Waals surface area contributed by atoms with Gasteiger partial charge in [-0.2, -0.15) is 0 Å². The highest BCUT2D eigenvalue weighted by molar-refractivity contribution is 6.24. The van der Waals surface area contributed by atoms with Gasteiger partial charge in [0.15, 0.2) is 6.10 Å². The summed E-state index contributed by atoms with van der Waals surface area (Å²) in [6.45, 7) is 14.8. The first kappa shape index (κ1) is 44.0. The summed E-state index contributed by atoms with van der Waals surface area (Å²) in [6.07, 6.45) is 3.07. The number of primary amides is 1. The van der Waals surface area contributed by atoms with Crippen molar-refractivity contribution in [3.8, 4) is 0 Å². The summed E-state index contributed by atoms with van der Waals surface area (Å²) in [7, 11) is 2.89. The van der Waals surface area contributed by atoms with Crippen molar-refractivity contribution in [1.29, 1.82) is 0 Å². The van der Waals surface area contributed by atoms with Gasteiger partial charge in [0, 0.05) is 75.6 Å². The maximum Gasteiger partial charge on any atom is 0.405 e. The molecule has 56 heavy (non-hydrogen) atoms. The highest BCUT2D eigenvalue weighted by atomic mass is 16.6. The van der Waals surface area contributed by atoms with E-state index in [-0.39, 0.29) is 41.3 Å². The summed E-state index contributed by atoms with van der Waals surface area (Å²) in [5.74, 6) is -3.31. The smallest absolute Gasteiger partial charge is 0.405 e. The maximum absolute atomic E-state index is 14.1. The van der Waals surface area contributed by atoms with Gasteiger partial charge in [0.25, 0.3) is 11.8 Å². The third-order valence-electron chi connectivity index (χ3n) is 10.6. The van der Waals surface area contributed by atoms with E-state index < -0.39 is 59.8 Å². The molecule has 1 aromatic rings. The zero-order valence-corrected chi connectivity index (χ0v) is 33.5. The third-order valence-corrected chi connectivity index (χ3v) is 10.6. The number of amides is 3. The second-order valence-corrected chi connectivity index (χ2v) is 14.8. The Balaban J connectivity index is 1.64. The number of allylic oxidation sites excluding steroid dienone is 4. The number of carbonyl (C=O) groups is 5. The van der Waals surface area contributed by atoms with E-state index >= 15 is 0 Å². The summed E-state index contributed by atoms with van der Waals surface area (Å²) in [4.78, 5) is 71.3. The number of fused-ring (bicyclic) bond motifs is 2. The van der Waals surface area contributed by atoms with Gasteiger partial charge >= 0.3 is 6.09 Å². The van der Waals surface area contributed by atoms with Crippen LogP contribution >= 0.6 is 0 Å². The molecule has 3 amide bonds. The van der Waals surface area contributed by atoms with E-state index in [4.69, 9.17) is 19.9 Å². The maximum atomic E-state index is 14.1. The number of likely N-dealkylation sites (N-methyl/N-ethyl adjacent to an activating group) is 1. The van der Waals surface area contributed by atoms with Crippen LogP contribution in [-0.2, 0) is 35.1 Å². The molecule has 2 heterocycles. The Bertz CT molecular complexity index is 1770. The van der Waals surface area contributed by atoms with Crippen molar-refractivity contribution in [2.75, 3.05) is 46.9 Å². The van der Waals surface area contributed by atoms with Crippen LogP contribution in [-0.4, -0.2) is 116 Å². The third kappa shape index (κ3) is 11.6. The normalized spacial score (nSPS) is 29.0. The number of rotatable bonds is 8. The van der Waals surface area contributed by atoms with Crippen LogP contribution in [0.5, 0.6) is 0 Å². The van der Waals surface area contributed by atoms with Crippen LogP contribution in [0.3, 0.4) is 0 Å². The van der Waals surface area contributed by atoms with Gasteiger partial charge in [-0.25, -0.2) is 4.79 Å². The number of hydrogen-bond donors (Lipinski definition) is 4. The first-order chi connectivity index (χ1) is 26.6. The predicted molar refractivity (Wildman–Crippen MR) is 211 cm³/mol. The topological polar surface area (TPSA) is 190 Å². The van der Waals surface area contributed by atoms with Crippen molar-refractivity contribution >= 4 is 29.5 Å². The van der Waals surface area contributed by atoms with E-state index in [1.165, 1.54) is 33.3 Å². The Morgan fingerprint density at radius 2 is 1.66 bits per heavy atom. The van der Waals surface area contributed by atoms with Crippen molar-refractivity contribution in [3.63, 3.8) is 0 Å². The number of nitrogens with two attached hydrogens (primary N) is 1. The van der Waals surface area contributed by atoms with Gasteiger partial charge in [-0.3, -0.25) is 24.1 Å². The number of piperazine rings is 1. The Kier molecular flexibility index (Phi) is 16.1. The highest BCUT2D eigenvalue weighted by Gasteiger charge is 2.34. The molecule has 3 aliphatic rings. The van der Waals surface area contributed by atoms with Gasteiger partial charge in [-0.05, 0) is 62.4 Å². The molecular formula is C42H57N5O9. The molecule has 0 unspecified atom stereocenters. The van der Waals surface area contributed by atoms with Gasteiger partial charge in [-0.1, -0.05) is 57.2 Å². The van der Waals surface area contributed by atoms with E-state index in [0.717, 1.165) is 50.9 Å². The van der Waals surface area contributed by atoms with Crippen molar-refractivity contribution in [1.82, 2.24) is 20.4 Å². The van der Waals surface area contributed by atoms with Crippen molar-refractivity contribution < 1.29 is 43.3 Å². The lowest BCUT2D eigenvalue weighted by Crippen LogP contribution is -2.45. The van der Waals surface area contributed by atoms with Crippen LogP contribution in [0.4, 0.5) is 4.79 Å². The van der Waals surface area contributed by atoms with Crippen LogP contribution < -0.4 is 16.4 Å². The molecule has 0 aromatic heterocycles. The minimum Gasteiger partial charge on any atom is -0.439 e. The molecule has 2 aliphatic heterocycles. The van der Waals surface area contributed by atoms with Crippen molar-refractivity contribution in [2.24, 2.45) is 17.6 Å². The van der Waals surface area contributed by atoms with E-state index in [1.807, 2.05) is 19.1 Å². The summed E-state index contributed by atoms with van der Waals surface area (Å²) in [5.41, 5.74) is 7.14. The van der Waals surface area contributed by atoms with Crippen LogP contribution in [0.1, 0.15) is 63.4 Å². The zero-order valence-electron chi connectivity index (χ0n) is 33.5. The molecule has 14 heteroatoms. The average Bonchev–Trinajstić information content (AvgIpc) is 3.17. The summed E-state index contributed by atoms with van der Waals surface area (Å²) in [5, 5.41) is 16.7. The molecule has 304 valence electrons. The van der Waals surface area contributed by atoms with Crippen LogP contribution in [0.25, 0.3) is 0 Å². The molecule has 1 aromatic carbocycles. The van der Waals surface area contributed by atoms with Crippen molar-refractivity contribution in [3.05, 3.63) is 93.9 Å². The number of aliphatic hydroxyl groups is 1. The Labute approximate surface area is 329 Å². The number of hydrogen-bond acceptors (Lipinski definition) is 11. The molecule has 2 bridgehead atoms. The SMILES string of the molecule is CCN1CCN(Cc2ccc(C(=O)NC3=C4C[C@@H](C)C[C@H](OC)[C@H](O)[C@@H](C)/C=C(\C)[C@@H](OC(N)=O)[C@@H](OC)/C=C\C=C(/C)C(=O)NC(=CC3=O)C4=O)cc2)CC1. The number of carbonyl (C=O) groups excluding carboxylic acids is 5. The molecule has 1 fully saturated rings. The Hall–Kier alpha value is -4.73. The van der Waals surface area contributed by atoms with E-state index in [9.17, 15) is 29.1 Å². The lowest BCUT2D eigenvalue weighted by molar-refractivity contribution is -0.120. The predicted octanol–water partition coefficient (Wildman–Crippen LogP) is 3.33. The number of ether oxygens (including phenoxy) is 3. The number of aliphatic hydroxyl groups excluding tert-OH is 1. The second kappa shape index (κ2) is 20.4. The molecule has 1 aliphatic carbocycles. The molecule has 1 saturated heterocycles. The fourth-order valence-corrected chi connectivity index (χ4v) is 7.19. The van der Waals surface area contributed by atoms with Gasteiger partial charge in [0.1, 0.15) is 6.10 Å². The number of benzene rings is 1. The molecular weight excluding hydrogens is 718 g/mol. The van der Waals surface area contributed by atoms with Crippen LogP contribution in [0.15, 0.2) is 82.8 Å². The number of Topliss-reactive ketones (excluding diaryl/α,β-unsaturated/α-hetero) is 1. The zero-order chi connectivity index (χ0) is 41.1. The Morgan fingerprint density at radius 1 is 1.00 bits per heavy atom. The fourth-order valence-electron chi connectivity index (χ4n) is 7.19. The largest absolute Gasteiger partial charge is 0.439 e. The van der Waals surface area contributed by atoms with Crippen molar-refractivity contribution in [2.45, 2.75) is 78.4 Å². The molecule has 14 nitrogen and oxygen atoms in total. The van der Waals surface area contributed by atoms with E-state index in [0.29, 0.717) is 11.1 Å². The monoisotopic (exact) mass is 775 g/mol.